The Balaban J connectivity index is 1.60. The van der Waals surface area contributed by atoms with Crippen molar-refractivity contribution in [1.29, 1.82) is 0 Å². The van der Waals surface area contributed by atoms with Gasteiger partial charge in [0.2, 0.25) is 0 Å². The zero-order chi connectivity index (χ0) is 14.4. The highest BCUT2D eigenvalue weighted by molar-refractivity contribution is 5.69. The van der Waals surface area contributed by atoms with E-state index in [0.717, 1.165) is 37.0 Å². The number of ether oxygens (including phenoxy) is 1. The highest BCUT2D eigenvalue weighted by atomic mass is 16.5. The molecule has 2 aliphatic rings. The van der Waals surface area contributed by atoms with Crippen molar-refractivity contribution in [3.05, 3.63) is 0 Å². The van der Waals surface area contributed by atoms with Gasteiger partial charge in [-0.1, -0.05) is 46.0 Å². The van der Waals surface area contributed by atoms with Gasteiger partial charge in [0, 0.05) is 6.42 Å². The van der Waals surface area contributed by atoms with Crippen molar-refractivity contribution in [3.8, 4) is 0 Å². The van der Waals surface area contributed by atoms with Gasteiger partial charge in [0.25, 0.3) is 0 Å². The normalized spacial score (nSPS) is 28.6. The Morgan fingerprint density at radius 2 is 1.65 bits per heavy atom. The second kappa shape index (κ2) is 8.05. The second-order valence-corrected chi connectivity index (χ2v) is 7.31. The fourth-order valence-electron chi connectivity index (χ4n) is 3.92. The number of hydrogen-bond acceptors (Lipinski definition) is 2. The monoisotopic (exact) mass is 280 g/mol. The van der Waals surface area contributed by atoms with Crippen LogP contribution in [-0.2, 0) is 9.53 Å². The third-order valence-corrected chi connectivity index (χ3v) is 5.44. The van der Waals surface area contributed by atoms with E-state index in [1.807, 2.05) is 0 Å². The first-order valence-corrected chi connectivity index (χ1v) is 8.84. The maximum Gasteiger partial charge on any atom is 0.306 e. The predicted molar refractivity (Wildman–Crippen MR) is 82.5 cm³/mol. The molecule has 2 saturated carbocycles. The molecule has 20 heavy (non-hydrogen) atoms. The van der Waals surface area contributed by atoms with E-state index >= 15 is 0 Å². The van der Waals surface area contributed by atoms with Crippen LogP contribution in [-0.4, -0.2) is 12.1 Å². The Kier molecular flexibility index (Phi) is 6.38. The third-order valence-electron chi connectivity index (χ3n) is 5.44. The summed E-state index contributed by atoms with van der Waals surface area (Å²) < 4.78 is 5.67. The fourth-order valence-corrected chi connectivity index (χ4v) is 3.92. The largest absolute Gasteiger partial charge is 0.462 e. The van der Waals surface area contributed by atoms with Crippen LogP contribution < -0.4 is 0 Å². The molecule has 0 aromatic carbocycles. The number of carbonyl (C=O) groups is 1. The molecule has 0 N–H and O–H groups in total. The molecule has 0 radical (unpaired) electrons. The van der Waals surface area contributed by atoms with Crippen LogP contribution in [0.1, 0.15) is 84.5 Å². The van der Waals surface area contributed by atoms with E-state index in [0.29, 0.717) is 6.42 Å². The van der Waals surface area contributed by atoms with Gasteiger partial charge >= 0.3 is 5.97 Å². The summed E-state index contributed by atoms with van der Waals surface area (Å²) in [5.41, 5.74) is 0. The van der Waals surface area contributed by atoms with Gasteiger partial charge in [-0.15, -0.1) is 0 Å². The van der Waals surface area contributed by atoms with Gasteiger partial charge < -0.3 is 4.74 Å². The summed E-state index contributed by atoms with van der Waals surface area (Å²) >= 11 is 0. The molecule has 0 amide bonds. The molecular weight excluding hydrogens is 248 g/mol. The summed E-state index contributed by atoms with van der Waals surface area (Å²) in [7, 11) is 0. The summed E-state index contributed by atoms with van der Waals surface area (Å²) in [6.45, 7) is 4.61. The third kappa shape index (κ3) is 5.10. The average molecular weight is 280 g/mol. The van der Waals surface area contributed by atoms with Crippen LogP contribution in [0.5, 0.6) is 0 Å². The van der Waals surface area contributed by atoms with Crippen molar-refractivity contribution in [2.45, 2.75) is 90.6 Å². The standard InChI is InChI=1S/C18H32O2/c1-14(2)16-9-11-17(12-10-16)20-18(19)13-8-15-6-4-3-5-7-15/h14-17H,3-13H2,1-2H3. The first kappa shape index (κ1) is 15.9. The predicted octanol–water partition coefficient (Wildman–Crippen LogP) is 5.10. The lowest BCUT2D eigenvalue weighted by molar-refractivity contribution is -0.151. The van der Waals surface area contributed by atoms with Gasteiger partial charge in [-0.3, -0.25) is 4.79 Å². The molecule has 2 aliphatic carbocycles. The minimum Gasteiger partial charge on any atom is -0.462 e. The Morgan fingerprint density at radius 3 is 2.25 bits per heavy atom. The van der Waals surface area contributed by atoms with Crippen molar-refractivity contribution in [2.24, 2.45) is 17.8 Å². The Labute approximate surface area is 124 Å². The van der Waals surface area contributed by atoms with E-state index < -0.39 is 0 Å². The molecule has 2 rings (SSSR count). The van der Waals surface area contributed by atoms with Crippen LogP contribution in [0.3, 0.4) is 0 Å². The molecule has 0 saturated heterocycles. The van der Waals surface area contributed by atoms with Gasteiger partial charge in [-0.2, -0.15) is 0 Å². The second-order valence-electron chi connectivity index (χ2n) is 7.31. The number of hydrogen-bond donors (Lipinski definition) is 0. The van der Waals surface area contributed by atoms with Crippen molar-refractivity contribution >= 4 is 5.97 Å². The Morgan fingerprint density at radius 1 is 1.00 bits per heavy atom. The maximum absolute atomic E-state index is 11.9. The molecule has 0 atom stereocenters. The summed E-state index contributed by atoms with van der Waals surface area (Å²) in [5.74, 6) is 2.46. The summed E-state index contributed by atoms with van der Waals surface area (Å²) in [4.78, 5) is 11.9. The SMILES string of the molecule is CC(C)C1CCC(OC(=O)CCC2CCCCC2)CC1. The van der Waals surface area contributed by atoms with Crippen molar-refractivity contribution in [3.63, 3.8) is 0 Å². The smallest absolute Gasteiger partial charge is 0.306 e. The molecule has 0 aromatic rings. The number of rotatable bonds is 5. The lowest BCUT2D eigenvalue weighted by Gasteiger charge is -2.30. The number of carbonyl (C=O) groups excluding carboxylic acids is 1. The van der Waals surface area contributed by atoms with Gasteiger partial charge in [-0.05, 0) is 49.9 Å². The first-order valence-electron chi connectivity index (χ1n) is 8.84. The fraction of sp³-hybridized carbons (Fsp3) is 0.944. The van der Waals surface area contributed by atoms with Gasteiger partial charge in [0.05, 0.1) is 0 Å². The summed E-state index contributed by atoms with van der Waals surface area (Å²) in [6, 6.07) is 0. The Hall–Kier alpha value is -0.530. The molecule has 0 heterocycles. The van der Waals surface area contributed by atoms with E-state index in [1.54, 1.807) is 0 Å². The lowest BCUT2D eigenvalue weighted by atomic mass is 9.80. The van der Waals surface area contributed by atoms with E-state index in [1.165, 1.54) is 44.9 Å². The average Bonchev–Trinajstić information content (AvgIpc) is 2.47. The molecule has 2 fully saturated rings. The van der Waals surface area contributed by atoms with E-state index in [2.05, 4.69) is 13.8 Å². The summed E-state index contributed by atoms with van der Waals surface area (Å²) in [6.07, 6.45) is 13.3. The van der Waals surface area contributed by atoms with Crippen molar-refractivity contribution in [2.75, 3.05) is 0 Å². The zero-order valence-corrected chi connectivity index (χ0v) is 13.4. The van der Waals surface area contributed by atoms with Crippen LogP contribution in [0.2, 0.25) is 0 Å². The number of esters is 1. The highest BCUT2D eigenvalue weighted by Gasteiger charge is 2.25. The van der Waals surface area contributed by atoms with Crippen molar-refractivity contribution < 1.29 is 9.53 Å². The van der Waals surface area contributed by atoms with E-state index in [9.17, 15) is 4.79 Å². The first-order chi connectivity index (χ1) is 9.65. The molecule has 0 aromatic heterocycles. The highest BCUT2D eigenvalue weighted by Crippen LogP contribution is 2.32. The van der Waals surface area contributed by atoms with Crippen LogP contribution >= 0.6 is 0 Å². The molecule has 0 unspecified atom stereocenters. The molecule has 116 valence electrons. The Bertz CT molecular complexity index is 284. The molecule has 0 aliphatic heterocycles. The minimum absolute atomic E-state index is 0.0589. The maximum atomic E-state index is 11.9. The molecular formula is C18H32O2. The molecule has 2 heteroatoms. The molecule has 0 bridgehead atoms. The molecule has 0 spiro atoms. The summed E-state index contributed by atoms with van der Waals surface area (Å²) in [5, 5.41) is 0. The van der Waals surface area contributed by atoms with Crippen LogP contribution in [0, 0.1) is 17.8 Å². The van der Waals surface area contributed by atoms with Crippen LogP contribution in [0.25, 0.3) is 0 Å². The van der Waals surface area contributed by atoms with Gasteiger partial charge in [0.1, 0.15) is 6.10 Å². The van der Waals surface area contributed by atoms with E-state index in [4.69, 9.17) is 4.74 Å². The van der Waals surface area contributed by atoms with Gasteiger partial charge in [0.15, 0.2) is 0 Å². The molecule has 2 nitrogen and oxygen atoms in total. The lowest BCUT2D eigenvalue weighted by Crippen LogP contribution is -2.26. The van der Waals surface area contributed by atoms with Crippen LogP contribution in [0.4, 0.5) is 0 Å². The van der Waals surface area contributed by atoms with Gasteiger partial charge in [-0.25, -0.2) is 0 Å². The minimum atomic E-state index is 0.0589. The van der Waals surface area contributed by atoms with E-state index in [-0.39, 0.29) is 12.1 Å². The van der Waals surface area contributed by atoms with Crippen molar-refractivity contribution in [1.82, 2.24) is 0 Å². The zero-order valence-electron chi connectivity index (χ0n) is 13.4. The topological polar surface area (TPSA) is 26.3 Å². The quantitative estimate of drug-likeness (QED) is 0.654. The van der Waals surface area contributed by atoms with Crippen LogP contribution in [0.15, 0.2) is 0 Å².